The lowest BCUT2D eigenvalue weighted by Crippen LogP contribution is -2.07. The molecular formula is C25H22N2O5S. The maximum absolute atomic E-state index is 13.2. The molecule has 0 amide bonds. The highest BCUT2D eigenvalue weighted by Gasteiger charge is 2.23. The van der Waals surface area contributed by atoms with Gasteiger partial charge in [0.1, 0.15) is 16.3 Å². The van der Waals surface area contributed by atoms with Gasteiger partial charge in [-0.3, -0.25) is 9.59 Å². The number of imidazole rings is 1. The molecule has 2 aromatic heterocycles. The number of ether oxygens (including phenoxy) is 1. The molecule has 0 aliphatic rings. The zero-order valence-corrected chi connectivity index (χ0v) is 19.0. The smallest absolute Gasteiger partial charge is 0.210 e. The lowest BCUT2D eigenvalue weighted by Gasteiger charge is -2.11. The molecule has 2 aromatic carbocycles. The van der Waals surface area contributed by atoms with E-state index in [0.29, 0.717) is 24.0 Å². The van der Waals surface area contributed by atoms with E-state index in [4.69, 9.17) is 4.74 Å². The van der Waals surface area contributed by atoms with Gasteiger partial charge in [-0.1, -0.05) is 12.1 Å². The van der Waals surface area contributed by atoms with E-state index >= 15 is 0 Å². The second-order valence-electron chi connectivity index (χ2n) is 7.60. The van der Waals surface area contributed by atoms with Crippen LogP contribution in [0.2, 0.25) is 0 Å². The second-order valence-corrected chi connectivity index (χ2v) is 9.52. The SMILES string of the molecule is COc1ccc(C(C)=O)cc1S(=O)(=O)c1ccc(CCC(=O)c2ccc3nccn3c2)cc1. The summed E-state index contributed by atoms with van der Waals surface area (Å²) in [6.45, 7) is 1.38. The summed E-state index contributed by atoms with van der Waals surface area (Å²) in [6, 6.07) is 14.3. The summed E-state index contributed by atoms with van der Waals surface area (Å²) in [6.07, 6.45) is 5.98. The Morgan fingerprint density at radius 1 is 1.00 bits per heavy atom. The lowest BCUT2D eigenvalue weighted by molar-refractivity contribution is 0.0980. The summed E-state index contributed by atoms with van der Waals surface area (Å²) < 4.78 is 33.4. The fourth-order valence-electron chi connectivity index (χ4n) is 3.56. The van der Waals surface area contributed by atoms with E-state index in [1.54, 1.807) is 47.3 Å². The Labute approximate surface area is 191 Å². The fourth-order valence-corrected chi connectivity index (χ4v) is 5.00. The average molecular weight is 463 g/mol. The predicted octanol–water partition coefficient (Wildman–Crippen LogP) is 4.19. The van der Waals surface area contributed by atoms with Crippen molar-refractivity contribution in [1.82, 2.24) is 9.38 Å². The van der Waals surface area contributed by atoms with Crippen molar-refractivity contribution in [2.24, 2.45) is 0 Å². The molecule has 0 aliphatic carbocycles. The molecule has 168 valence electrons. The van der Waals surface area contributed by atoms with Crippen LogP contribution in [0.15, 0.2) is 83.0 Å². The molecule has 0 bridgehead atoms. The number of ketones is 2. The van der Waals surface area contributed by atoms with E-state index < -0.39 is 9.84 Å². The van der Waals surface area contributed by atoms with Gasteiger partial charge in [-0.15, -0.1) is 0 Å². The van der Waals surface area contributed by atoms with Gasteiger partial charge in [0.05, 0.1) is 12.0 Å². The van der Waals surface area contributed by atoms with Crippen LogP contribution in [-0.4, -0.2) is 36.5 Å². The van der Waals surface area contributed by atoms with Gasteiger partial charge in [0, 0.05) is 36.1 Å². The maximum atomic E-state index is 13.2. The number of aryl methyl sites for hydroxylation is 1. The van der Waals surface area contributed by atoms with Crippen LogP contribution in [0.1, 0.15) is 39.6 Å². The third kappa shape index (κ3) is 4.56. The molecule has 0 spiro atoms. The molecule has 33 heavy (non-hydrogen) atoms. The third-order valence-electron chi connectivity index (χ3n) is 5.44. The highest BCUT2D eigenvalue weighted by Crippen LogP contribution is 2.31. The standard InChI is InChI=1S/C25H22N2O5S/c1-17(28)19-6-11-23(32-2)24(15-19)33(30,31)21-8-3-18(4-9-21)5-10-22(29)20-7-12-25-26-13-14-27(25)16-20/h3-4,6-9,11-16H,5,10H2,1-2H3. The van der Waals surface area contributed by atoms with E-state index in [2.05, 4.69) is 4.98 Å². The number of hydrogen-bond donors (Lipinski definition) is 0. The van der Waals surface area contributed by atoms with Crippen molar-refractivity contribution in [2.45, 2.75) is 29.6 Å². The number of benzene rings is 2. The van der Waals surface area contributed by atoms with Crippen molar-refractivity contribution < 1.29 is 22.7 Å². The summed E-state index contributed by atoms with van der Waals surface area (Å²) in [7, 11) is -2.52. The zero-order chi connectivity index (χ0) is 23.6. The number of pyridine rings is 1. The lowest BCUT2D eigenvalue weighted by atomic mass is 10.0. The number of nitrogens with zero attached hydrogens (tertiary/aromatic N) is 2. The molecule has 0 atom stereocenters. The number of aromatic nitrogens is 2. The van der Waals surface area contributed by atoms with Crippen molar-refractivity contribution in [1.29, 1.82) is 0 Å². The molecule has 0 unspecified atom stereocenters. The molecule has 8 heteroatoms. The van der Waals surface area contributed by atoms with Gasteiger partial charge in [-0.25, -0.2) is 13.4 Å². The maximum Gasteiger partial charge on any atom is 0.210 e. The van der Waals surface area contributed by atoms with Gasteiger partial charge in [0.2, 0.25) is 9.84 Å². The van der Waals surface area contributed by atoms with Crippen LogP contribution in [0.3, 0.4) is 0 Å². The number of fused-ring (bicyclic) bond motifs is 1. The summed E-state index contributed by atoms with van der Waals surface area (Å²) in [5.41, 5.74) is 2.50. The molecule has 7 nitrogen and oxygen atoms in total. The Morgan fingerprint density at radius 2 is 1.73 bits per heavy atom. The first-order valence-corrected chi connectivity index (χ1v) is 11.8. The molecule has 4 rings (SSSR count). The van der Waals surface area contributed by atoms with Crippen molar-refractivity contribution >= 4 is 27.1 Å². The Bertz CT molecular complexity index is 1450. The van der Waals surface area contributed by atoms with E-state index in [1.807, 2.05) is 0 Å². The average Bonchev–Trinajstić information content (AvgIpc) is 3.30. The summed E-state index contributed by atoms with van der Waals surface area (Å²) in [5.74, 6) is -0.0704. The Balaban J connectivity index is 1.51. The minimum atomic E-state index is -3.90. The third-order valence-corrected chi connectivity index (χ3v) is 7.24. The van der Waals surface area contributed by atoms with Crippen molar-refractivity contribution in [2.75, 3.05) is 7.11 Å². The van der Waals surface area contributed by atoms with Crippen LogP contribution in [0.4, 0.5) is 0 Å². The van der Waals surface area contributed by atoms with Gasteiger partial charge in [0.15, 0.2) is 11.6 Å². The molecular weight excluding hydrogens is 440 g/mol. The molecule has 0 fully saturated rings. The molecule has 2 heterocycles. The van der Waals surface area contributed by atoms with E-state index in [9.17, 15) is 18.0 Å². The van der Waals surface area contributed by atoms with E-state index in [-0.39, 0.29) is 27.1 Å². The predicted molar refractivity (Wildman–Crippen MR) is 123 cm³/mol. The normalized spacial score (nSPS) is 11.5. The molecule has 4 aromatic rings. The van der Waals surface area contributed by atoms with Gasteiger partial charge >= 0.3 is 0 Å². The Hall–Kier alpha value is -3.78. The van der Waals surface area contributed by atoms with Crippen LogP contribution in [0, 0.1) is 0 Å². The van der Waals surface area contributed by atoms with Crippen LogP contribution in [0.5, 0.6) is 5.75 Å². The van der Waals surface area contributed by atoms with Crippen LogP contribution < -0.4 is 4.74 Å². The first kappa shape index (κ1) is 22.4. The number of hydrogen-bond acceptors (Lipinski definition) is 6. The van der Waals surface area contributed by atoms with E-state index in [1.165, 1.54) is 44.4 Å². The van der Waals surface area contributed by atoms with Crippen molar-refractivity contribution in [3.05, 3.63) is 89.9 Å². The van der Waals surface area contributed by atoms with Crippen molar-refractivity contribution in [3.8, 4) is 5.75 Å². The summed E-state index contributed by atoms with van der Waals surface area (Å²) in [5, 5.41) is 0. The molecule has 0 N–H and O–H groups in total. The molecule has 0 saturated carbocycles. The van der Waals surface area contributed by atoms with Crippen LogP contribution in [-0.2, 0) is 16.3 Å². The summed E-state index contributed by atoms with van der Waals surface area (Å²) >= 11 is 0. The number of rotatable bonds is 8. The number of Topliss-reactive ketones (excluding diaryl/α,β-unsaturated/α-hetero) is 2. The largest absolute Gasteiger partial charge is 0.495 e. The zero-order valence-electron chi connectivity index (χ0n) is 18.2. The minimum Gasteiger partial charge on any atom is -0.495 e. The first-order chi connectivity index (χ1) is 15.8. The summed E-state index contributed by atoms with van der Waals surface area (Å²) in [4.78, 5) is 28.5. The van der Waals surface area contributed by atoms with Gasteiger partial charge in [-0.05, 0) is 61.4 Å². The van der Waals surface area contributed by atoms with Gasteiger partial charge in [0.25, 0.3) is 0 Å². The second kappa shape index (κ2) is 8.99. The van der Waals surface area contributed by atoms with Crippen LogP contribution >= 0.6 is 0 Å². The number of carbonyl (C=O) groups is 2. The number of carbonyl (C=O) groups excluding carboxylic acids is 2. The van der Waals surface area contributed by atoms with Crippen molar-refractivity contribution in [3.63, 3.8) is 0 Å². The number of sulfone groups is 1. The number of methoxy groups -OCH3 is 1. The van der Waals surface area contributed by atoms with E-state index in [0.717, 1.165) is 11.2 Å². The first-order valence-electron chi connectivity index (χ1n) is 10.3. The Kier molecular flexibility index (Phi) is 6.11. The minimum absolute atomic E-state index is 0.00641. The monoisotopic (exact) mass is 462 g/mol. The fraction of sp³-hybridized carbons (Fsp3) is 0.160. The molecule has 0 radical (unpaired) electrons. The Morgan fingerprint density at radius 3 is 2.42 bits per heavy atom. The molecule has 0 aliphatic heterocycles. The quantitative estimate of drug-likeness (QED) is 0.364. The highest BCUT2D eigenvalue weighted by atomic mass is 32.2. The van der Waals surface area contributed by atoms with Crippen LogP contribution in [0.25, 0.3) is 5.65 Å². The molecule has 0 saturated heterocycles. The topological polar surface area (TPSA) is 94.8 Å². The van der Waals surface area contributed by atoms with Gasteiger partial charge in [-0.2, -0.15) is 0 Å². The highest BCUT2D eigenvalue weighted by molar-refractivity contribution is 7.91. The van der Waals surface area contributed by atoms with Gasteiger partial charge < -0.3 is 9.14 Å².